The molecule has 0 heterocycles. The molecule has 0 fully saturated rings. The summed E-state index contributed by atoms with van der Waals surface area (Å²) in [5, 5.41) is 0.237. The van der Waals surface area contributed by atoms with Crippen molar-refractivity contribution in [3.8, 4) is 0 Å². The Bertz CT molecular complexity index is 226. The van der Waals surface area contributed by atoms with Gasteiger partial charge in [0, 0.05) is 5.25 Å². The maximum atomic E-state index is 4.41. The molecular weight excluding hydrogens is 152 g/mol. The lowest BCUT2D eigenvalue weighted by atomic mass is 10.1. The highest BCUT2D eigenvalue weighted by molar-refractivity contribution is 7.80. The van der Waals surface area contributed by atoms with Gasteiger partial charge in [0.15, 0.2) is 0 Å². The molecule has 0 radical (unpaired) electrons. The molecule has 58 valence electrons. The van der Waals surface area contributed by atoms with Crippen LogP contribution in [0, 0.1) is 0 Å². The molecule has 0 aliphatic rings. The Kier molecular flexibility index (Phi) is 3.24. The standard InChI is InChI=1S/C10H12S/c1-2-6-10(11)9-7-4-3-5-8-9/h2-8,10-11H,1H3/b6-2-/t10-/m0/s1. The fourth-order valence-corrected chi connectivity index (χ4v) is 1.29. The van der Waals surface area contributed by atoms with Crippen LogP contribution in [0.25, 0.3) is 0 Å². The fourth-order valence-electron chi connectivity index (χ4n) is 0.944. The topological polar surface area (TPSA) is 0 Å². The summed E-state index contributed by atoms with van der Waals surface area (Å²) in [6.45, 7) is 2.01. The Morgan fingerprint density at radius 3 is 2.45 bits per heavy atom. The first-order chi connectivity index (χ1) is 5.34. The lowest BCUT2D eigenvalue weighted by molar-refractivity contribution is 1.23. The van der Waals surface area contributed by atoms with Crippen molar-refractivity contribution >= 4 is 12.6 Å². The zero-order valence-electron chi connectivity index (χ0n) is 6.57. The number of hydrogen-bond acceptors (Lipinski definition) is 1. The Morgan fingerprint density at radius 1 is 1.27 bits per heavy atom. The summed E-state index contributed by atoms with van der Waals surface area (Å²) < 4.78 is 0. The molecule has 0 saturated heterocycles. The van der Waals surface area contributed by atoms with Crippen molar-refractivity contribution in [3.63, 3.8) is 0 Å². The summed E-state index contributed by atoms with van der Waals surface area (Å²) in [5.41, 5.74) is 1.24. The van der Waals surface area contributed by atoms with Gasteiger partial charge in [0.25, 0.3) is 0 Å². The predicted molar refractivity (Wildman–Crippen MR) is 53.0 cm³/mol. The summed E-state index contributed by atoms with van der Waals surface area (Å²) in [6.07, 6.45) is 4.09. The lowest BCUT2D eigenvalue weighted by Crippen LogP contribution is -1.83. The molecule has 0 aliphatic carbocycles. The van der Waals surface area contributed by atoms with E-state index in [9.17, 15) is 0 Å². The van der Waals surface area contributed by atoms with E-state index in [1.165, 1.54) is 5.56 Å². The van der Waals surface area contributed by atoms with Crippen LogP contribution in [0.2, 0.25) is 0 Å². The molecule has 0 N–H and O–H groups in total. The molecular formula is C10H12S. The molecule has 1 atom stereocenters. The first-order valence-corrected chi connectivity index (χ1v) is 4.22. The van der Waals surface area contributed by atoms with Crippen molar-refractivity contribution in [2.75, 3.05) is 0 Å². The van der Waals surface area contributed by atoms with E-state index in [2.05, 4.69) is 30.8 Å². The molecule has 0 spiro atoms. The number of rotatable bonds is 2. The van der Waals surface area contributed by atoms with Crippen LogP contribution >= 0.6 is 12.6 Å². The van der Waals surface area contributed by atoms with Crippen molar-refractivity contribution in [2.45, 2.75) is 12.2 Å². The van der Waals surface area contributed by atoms with Crippen LogP contribution in [-0.2, 0) is 0 Å². The quantitative estimate of drug-likeness (QED) is 0.503. The van der Waals surface area contributed by atoms with Gasteiger partial charge in [-0.1, -0.05) is 42.5 Å². The van der Waals surface area contributed by atoms with Crippen LogP contribution in [0.5, 0.6) is 0 Å². The van der Waals surface area contributed by atoms with Crippen LogP contribution < -0.4 is 0 Å². The van der Waals surface area contributed by atoms with E-state index in [1.54, 1.807) is 0 Å². The minimum atomic E-state index is 0.237. The first kappa shape index (κ1) is 8.41. The maximum Gasteiger partial charge on any atom is 0.0446 e. The number of hydrogen-bond donors (Lipinski definition) is 1. The Labute approximate surface area is 73.4 Å². The second-order valence-electron chi connectivity index (χ2n) is 2.38. The van der Waals surface area contributed by atoms with Gasteiger partial charge in [-0.15, -0.1) is 0 Å². The highest BCUT2D eigenvalue weighted by Crippen LogP contribution is 2.20. The summed E-state index contributed by atoms with van der Waals surface area (Å²) in [5.74, 6) is 0. The van der Waals surface area contributed by atoms with Crippen molar-refractivity contribution < 1.29 is 0 Å². The third kappa shape index (κ3) is 2.43. The molecule has 0 aromatic heterocycles. The van der Waals surface area contributed by atoms with Crippen LogP contribution in [0.15, 0.2) is 42.5 Å². The largest absolute Gasteiger partial charge is 0.167 e. The fraction of sp³-hybridized carbons (Fsp3) is 0.200. The summed E-state index contributed by atoms with van der Waals surface area (Å²) in [4.78, 5) is 0. The third-order valence-electron chi connectivity index (χ3n) is 1.52. The van der Waals surface area contributed by atoms with Gasteiger partial charge in [0.2, 0.25) is 0 Å². The van der Waals surface area contributed by atoms with Crippen LogP contribution in [0.4, 0.5) is 0 Å². The molecule has 1 aromatic carbocycles. The summed E-state index contributed by atoms with van der Waals surface area (Å²) in [7, 11) is 0. The van der Waals surface area contributed by atoms with E-state index < -0.39 is 0 Å². The third-order valence-corrected chi connectivity index (χ3v) is 1.99. The van der Waals surface area contributed by atoms with Gasteiger partial charge in [-0.3, -0.25) is 0 Å². The molecule has 11 heavy (non-hydrogen) atoms. The molecule has 0 bridgehead atoms. The first-order valence-electron chi connectivity index (χ1n) is 3.70. The van der Waals surface area contributed by atoms with Gasteiger partial charge in [-0.05, 0) is 12.5 Å². The normalized spacial score (nSPS) is 13.6. The molecule has 0 saturated carbocycles. The van der Waals surface area contributed by atoms with Crippen molar-refractivity contribution in [1.29, 1.82) is 0 Å². The molecule has 1 rings (SSSR count). The van der Waals surface area contributed by atoms with Gasteiger partial charge in [-0.2, -0.15) is 12.6 Å². The monoisotopic (exact) mass is 164 g/mol. The van der Waals surface area contributed by atoms with Gasteiger partial charge < -0.3 is 0 Å². The van der Waals surface area contributed by atoms with Gasteiger partial charge in [0.05, 0.1) is 0 Å². The highest BCUT2D eigenvalue weighted by atomic mass is 32.1. The van der Waals surface area contributed by atoms with Crippen molar-refractivity contribution in [3.05, 3.63) is 48.0 Å². The van der Waals surface area contributed by atoms with E-state index in [-0.39, 0.29) is 5.25 Å². The molecule has 0 aliphatic heterocycles. The Balaban J connectivity index is 2.76. The molecule has 0 nitrogen and oxygen atoms in total. The van der Waals surface area contributed by atoms with E-state index >= 15 is 0 Å². The predicted octanol–water partition coefficient (Wildman–Crippen LogP) is 3.23. The second kappa shape index (κ2) is 4.24. The lowest BCUT2D eigenvalue weighted by Gasteiger charge is -2.03. The summed E-state index contributed by atoms with van der Waals surface area (Å²) >= 11 is 4.41. The van der Waals surface area contributed by atoms with E-state index in [0.717, 1.165) is 0 Å². The van der Waals surface area contributed by atoms with Crippen LogP contribution in [0.1, 0.15) is 17.7 Å². The van der Waals surface area contributed by atoms with Gasteiger partial charge >= 0.3 is 0 Å². The highest BCUT2D eigenvalue weighted by Gasteiger charge is 1.98. The van der Waals surface area contributed by atoms with Crippen molar-refractivity contribution in [2.24, 2.45) is 0 Å². The van der Waals surface area contributed by atoms with E-state index in [1.807, 2.05) is 31.2 Å². The van der Waals surface area contributed by atoms with Gasteiger partial charge in [-0.25, -0.2) is 0 Å². The van der Waals surface area contributed by atoms with Crippen LogP contribution in [-0.4, -0.2) is 0 Å². The smallest absolute Gasteiger partial charge is 0.0446 e. The number of benzene rings is 1. The van der Waals surface area contributed by atoms with Gasteiger partial charge in [0.1, 0.15) is 0 Å². The van der Waals surface area contributed by atoms with Crippen LogP contribution in [0.3, 0.4) is 0 Å². The molecule has 0 amide bonds. The molecule has 0 unspecified atom stereocenters. The van der Waals surface area contributed by atoms with E-state index in [4.69, 9.17) is 0 Å². The number of allylic oxidation sites excluding steroid dienone is 1. The zero-order valence-corrected chi connectivity index (χ0v) is 7.46. The SMILES string of the molecule is C/C=C\[C@H](S)c1ccccc1. The average molecular weight is 164 g/mol. The molecule has 1 heteroatoms. The summed E-state index contributed by atoms with van der Waals surface area (Å²) in [6, 6.07) is 10.2. The maximum absolute atomic E-state index is 4.41. The minimum Gasteiger partial charge on any atom is -0.167 e. The van der Waals surface area contributed by atoms with Crippen molar-refractivity contribution in [1.82, 2.24) is 0 Å². The number of thiol groups is 1. The minimum absolute atomic E-state index is 0.237. The Morgan fingerprint density at radius 2 is 1.91 bits per heavy atom. The average Bonchev–Trinajstić information content (AvgIpc) is 2.07. The molecule has 1 aromatic rings. The second-order valence-corrected chi connectivity index (χ2v) is 2.94. The van der Waals surface area contributed by atoms with E-state index in [0.29, 0.717) is 0 Å². The Hall–Kier alpha value is -0.690. The zero-order chi connectivity index (χ0) is 8.10.